The predicted molar refractivity (Wildman–Crippen MR) is 122 cm³/mol. The molecule has 0 unspecified atom stereocenters. The van der Waals surface area contributed by atoms with E-state index in [2.05, 4.69) is 28.9 Å². The lowest BCUT2D eigenvalue weighted by Crippen LogP contribution is -2.50. The molecule has 0 radical (unpaired) electrons. The zero-order valence-corrected chi connectivity index (χ0v) is 18.6. The summed E-state index contributed by atoms with van der Waals surface area (Å²) >= 11 is 0. The van der Waals surface area contributed by atoms with Gasteiger partial charge in [0.25, 0.3) is 0 Å². The molecule has 2 fully saturated rings. The van der Waals surface area contributed by atoms with Crippen LogP contribution in [0.2, 0.25) is 0 Å². The van der Waals surface area contributed by atoms with Crippen LogP contribution in [0.4, 0.5) is 10.2 Å². The first-order chi connectivity index (χ1) is 15.5. The summed E-state index contributed by atoms with van der Waals surface area (Å²) in [6.07, 6.45) is 4.09. The molecule has 0 bridgehead atoms. The standard InChI is InChI=1S/C25H28FN5O/c1-17-7-8-27-24(13-17)29-9-11-30(12-10-29)25(32)16-31-23(19-3-4-19)15-22(28-31)20-5-6-21(26)18(2)14-20/h5-8,13-15,19H,3-4,9-12,16H2,1-2H3. The number of piperazine rings is 1. The number of carbonyl (C=O) groups is 1. The Bertz CT molecular complexity index is 1140. The van der Waals surface area contributed by atoms with E-state index in [1.54, 1.807) is 13.0 Å². The van der Waals surface area contributed by atoms with Gasteiger partial charge in [0.1, 0.15) is 18.2 Å². The van der Waals surface area contributed by atoms with Crippen LogP contribution in [0.5, 0.6) is 0 Å². The third-order valence-corrected chi connectivity index (χ3v) is 6.40. The number of aromatic nitrogens is 3. The minimum atomic E-state index is -0.217. The van der Waals surface area contributed by atoms with Gasteiger partial charge in [0.05, 0.1) is 5.69 Å². The molecule has 5 rings (SSSR count). The summed E-state index contributed by atoms with van der Waals surface area (Å²) in [6, 6.07) is 11.2. The number of hydrogen-bond donors (Lipinski definition) is 0. The van der Waals surface area contributed by atoms with Gasteiger partial charge < -0.3 is 9.80 Å². The Hall–Kier alpha value is -3.22. The van der Waals surface area contributed by atoms with Gasteiger partial charge in [-0.25, -0.2) is 9.37 Å². The molecule has 166 valence electrons. The number of nitrogens with zero attached hydrogens (tertiary/aromatic N) is 5. The Labute approximate surface area is 187 Å². The van der Waals surface area contributed by atoms with E-state index in [9.17, 15) is 9.18 Å². The van der Waals surface area contributed by atoms with E-state index < -0.39 is 0 Å². The van der Waals surface area contributed by atoms with Crippen LogP contribution in [0, 0.1) is 19.7 Å². The van der Waals surface area contributed by atoms with Crippen molar-refractivity contribution in [1.82, 2.24) is 19.7 Å². The van der Waals surface area contributed by atoms with Gasteiger partial charge >= 0.3 is 0 Å². The first kappa shape index (κ1) is 20.7. The second kappa shape index (κ2) is 8.37. The Morgan fingerprint density at radius 3 is 2.53 bits per heavy atom. The van der Waals surface area contributed by atoms with E-state index in [1.165, 1.54) is 11.6 Å². The monoisotopic (exact) mass is 433 g/mol. The van der Waals surface area contributed by atoms with Crippen molar-refractivity contribution < 1.29 is 9.18 Å². The second-order valence-electron chi connectivity index (χ2n) is 8.91. The molecular formula is C25H28FN5O. The Balaban J connectivity index is 1.28. The fourth-order valence-corrected chi connectivity index (χ4v) is 4.32. The molecule has 2 aromatic heterocycles. The Morgan fingerprint density at radius 1 is 1.06 bits per heavy atom. The van der Waals surface area contributed by atoms with Crippen LogP contribution in [-0.2, 0) is 11.3 Å². The lowest BCUT2D eigenvalue weighted by molar-refractivity contribution is -0.132. The molecular weight excluding hydrogens is 405 g/mol. The molecule has 0 atom stereocenters. The lowest BCUT2D eigenvalue weighted by atomic mass is 10.1. The number of pyridine rings is 1. The van der Waals surface area contributed by atoms with Crippen molar-refractivity contribution in [3.05, 3.63) is 65.2 Å². The van der Waals surface area contributed by atoms with Crippen molar-refractivity contribution in [2.45, 2.75) is 39.2 Å². The van der Waals surface area contributed by atoms with Crippen LogP contribution < -0.4 is 4.90 Å². The third-order valence-electron chi connectivity index (χ3n) is 6.40. The molecule has 1 aliphatic heterocycles. The number of anilines is 1. The van der Waals surface area contributed by atoms with Crippen molar-refractivity contribution in [2.75, 3.05) is 31.1 Å². The molecule has 0 spiro atoms. The highest BCUT2D eigenvalue weighted by atomic mass is 19.1. The van der Waals surface area contributed by atoms with Crippen molar-refractivity contribution in [1.29, 1.82) is 0 Å². The average molecular weight is 434 g/mol. The van der Waals surface area contributed by atoms with Gasteiger partial charge in [-0.15, -0.1) is 0 Å². The molecule has 6 nitrogen and oxygen atoms in total. The summed E-state index contributed by atoms with van der Waals surface area (Å²) in [4.78, 5) is 21.7. The summed E-state index contributed by atoms with van der Waals surface area (Å²) in [5.41, 5.74) is 4.58. The van der Waals surface area contributed by atoms with Gasteiger partial charge in [-0.05, 0) is 74.2 Å². The fourth-order valence-electron chi connectivity index (χ4n) is 4.32. The normalized spacial score (nSPS) is 16.5. The van der Waals surface area contributed by atoms with Crippen LogP contribution in [0.1, 0.15) is 35.6 Å². The van der Waals surface area contributed by atoms with Gasteiger partial charge in [-0.2, -0.15) is 5.10 Å². The highest BCUT2D eigenvalue weighted by Crippen LogP contribution is 2.41. The molecule has 1 aromatic carbocycles. The summed E-state index contributed by atoms with van der Waals surface area (Å²) in [5, 5.41) is 4.75. The second-order valence-corrected chi connectivity index (χ2v) is 8.91. The molecule has 3 heterocycles. The van der Waals surface area contributed by atoms with Crippen molar-refractivity contribution >= 4 is 11.7 Å². The minimum absolute atomic E-state index is 0.0914. The van der Waals surface area contributed by atoms with E-state index >= 15 is 0 Å². The number of benzene rings is 1. The number of halogens is 1. The summed E-state index contributed by atoms with van der Waals surface area (Å²) in [6.45, 7) is 6.97. The zero-order valence-electron chi connectivity index (χ0n) is 18.6. The number of amides is 1. The Morgan fingerprint density at radius 2 is 1.84 bits per heavy atom. The molecule has 1 aliphatic carbocycles. The van der Waals surface area contributed by atoms with Crippen LogP contribution in [-0.4, -0.2) is 51.8 Å². The van der Waals surface area contributed by atoms with Gasteiger partial charge in [0.15, 0.2) is 0 Å². The van der Waals surface area contributed by atoms with Crippen molar-refractivity contribution in [2.24, 2.45) is 0 Å². The summed E-state index contributed by atoms with van der Waals surface area (Å²) in [7, 11) is 0. The van der Waals surface area contributed by atoms with Crippen LogP contribution in [0.3, 0.4) is 0 Å². The van der Waals surface area contributed by atoms with E-state index in [0.717, 1.165) is 48.7 Å². The minimum Gasteiger partial charge on any atom is -0.353 e. The lowest BCUT2D eigenvalue weighted by Gasteiger charge is -2.35. The average Bonchev–Trinajstić information content (AvgIpc) is 3.56. The van der Waals surface area contributed by atoms with Crippen molar-refractivity contribution in [3.63, 3.8) is 0 Å². The van der Waals surface area contributed by atoms with E-state index in [4.69, 9.17) is 5.10 Å². The van der Waals surface area contributed by atoms with E-state index in [0.29, 0.717) is 24.6 Å². The largest absolute Gasteiger partial charge is 0.353 e. The highest BCUT2D eigenvalue weighted by molar-refractivity contribution is 5.76. The maximum absolute atomic E-state index is 13.7. The molecule has 0 N–H and O–H groups in total. The third kappa shape index (κ3) is 4.24. The topological polar surface area (TPSA) is 54.3 Å². The summed E-state index contributed by atoms with van der Waals surface area (Å²) < 4.78 is 15.6. The number of rotatable bonds is 5. The predicted octanol–water partition coefficient (Wildman–Crippen LogP) is 3.93. The first-order valence-electron chi connectivity index (χ1n) is 11.3. The number of carbonyl (C=O) groups excluding carboxylic acids is 1. The quantitative estimate of drug-likeness (QED) is 0.612. The van der Waals surface area contributed by atoms with Crippen LogP contribution in [0.25, 0.3) is 11.3 Å². The SMILES string of the molecule is Cc1ccnc(N2CCN(C(=O)Cn3nc(-c4ccc(F)c(C)c4)cc3C3CC3)CC2)c1. The maximum Gasteiger partial charge on any atom is 0.244 e. The smallest absolute Gasteiger partial charge is 0.244 e. The maximum atomic E-state index is 13.7. The van der Waals surface area contributed by atoms with Crippen LogP contribution >= 0.6 is 0 Å². The molecule has 1 saturated carbocycles. The first-order valence-corrected chi connectivity index (χ1v) is 11.3. The highest BCUT2D eigenvalue weighted by Gasteiger charge is 2.30. The van der Waals surface area contributed by atoms with Crippen molar-refractivity contribution in [3.8, 4) is 11.3 Å². The molecule has 1 amide bonds. The van der Waals surface area contributed by atoms with Gasteiger partial charge in [0.2, 0.25) is 5.91 Å². The fraction of sp³-hybridized carbons (Fsp3) is 0.400. The summed E-state index contributed by atoms with van der Waals surface area (Å²) in [5.74, 6) is 1.31. The number of hydrogen-bond acceptors (Lipinski definition) is 4. The molecule has 32 heavy (non-hydrogen) atoms. The van der Waals surface area contributed by atoms with Crippen LogP contribution in [0.15, 0.2) is 42.6 Å². The molecule has 7 heteroatoms. The molecule has 1 saturated heterocycles. The Kier molecular flexibility index (Phi) is 5.41. The van der Waals surface area contributed by atoms with Gasteiger partial charge in [-0.3, -0.25) is 9.48 Å². The van der Waals surface area contributed by atoms with Gasteiger partial charge in [0, 0.05) is 49.6 Å². The zero-order chi connectivity index (χ0) is 22.2. The van der Waals surface area contributed by atoms with E-state index in [-0.39, 0.29) is 18.3 Å². The number of aryl methyl sites for hydroxylation is 2. The van der Waals surface area contributed by atoms with E-state index in [1.807, 2.05) is 27.9 Å². The molecule has 3 aromatic rings. The molecule has 2 aliphatic rings. The van der Waals surface area contributed by atoms with Gasteiger partial charge in [-0.1, -0.05) is 0 Å².